The van der Waals surface area contributed by atoms with Crippen LogP contribution in [-0.2, 0) is 0 Å². The molecule has 0 aromatic heterocycles. The zero-order valence-electron chi connectivity index (χ0n) is 7.31. The highest BCUT2D eigenvalue weighted by molar-refractivity contribution is 7.98. The molecule has 0 radical (unpaired) electrons. The van der Waals surface area contributed by atoms with Gasteiger partial charge in [-0.05, 0) is 30.8 Å². The van der Waals surface area contributed by atoms with Crippen LogP contribution >= 0.6 is 11.8 Å². The lowest BCUT2D eigenvalue weighted by molar-refractivity contribution is 0.633. The predicted molar refractivity (Wildman–Crippen MR) is 51.6 cm³/mol. The zero-order valence-corrected chi connectivity index (χ0v) is 8.13. The monoisotopic (exact) mass is 158 g/mol. The molecule has 0 atom stereocenters. The second-order valence-electron chi connectivity index (χ2n) is 3.09. The molecule has 0 heterocycles. The smallest absolute Gasteiger partial charge is 0.00331 e. The molecule has 10 heavy (non-hydrogen) atoms. The van der Waals surface area contributed by atoms with Gasteiger partial charge in [0.1, 0.15) is 0 Å². The van der Waals surface area contributed by atoms with Gasteiger partial charge in [0.15, 0.2) is 0 Å². The van der Waals surface area contributed by atoms with Crippen LogP contribution < -0.4 is 0 Å². The van der Waals surface area contributed by atoms with Gasteiger partial charge >= 0.3 is 0 Å². The first kappa shape index (κ1) is 10.1. The second kappa shape index (κ2) is 5.84. The lowest BCUT2D eigenvalue weighted by Crippen LogP contribution is -1.91. The summed E-state index contributed by atoms with van der Waals surface area (Å²) in [5.74, 6) is 2.00. The number of hydrogen-bond donors (Lipinski definition) is 0. The van der Waals surface area contributed by atoms with Crippen molar-refractivity contribution in [1.29, 1.82) is 0 Å². The van der Waals surface area contributed by atoms with Crippen molar-refractivity contribution in [3.8, 4) is 0 Å². The van der Waals surface area contributed by atoms with Gasteiger partial charge in [-0.15, -0.1) is 0 Å². The molecule has 0 fully saturated rings. The van der Waals surface area contributed by atoms with Crippen LogP contribution in [0.1, 0.15) is 26.7 Å². The standard InChI is InChI=1S/C9H18S/c1-8(2)7-9(3)5-6-10-4/h8H,3,5-7H2,1-2,4H3. The molecule has 0 bridgehead atoms. The average molecular weight is 158 g/mol. The van der Waals surface area contributed by atoms with Gasteiger partial charge in [0.05, 0.1) is 0 Å². The van der Waals surface area contributed by atoms with Gasteiger partial charge in [-0.3, -0.25) is 0 Å². The van der Waals surface area contributed by atoms with Crippen molar-refractivity contribution in [2.45, 2.75) is 26.7 Å². The number of rotatable bonds is 5. The highest BCUT2D eigenvalue weighted by Gasteiger charge is 1.97. The maximum atomic E-state index is 4.02. The van der Waals surface area contributed by atoms with E-state index in [4.69, 9.17) is 0 Å². The van der Waals surface area contributed by atoms with Crippen molar-refractivity contribution in [2.75, 3.05) is 12.0 Å². The van der Waals surface area contributed by atoms with E-state index in [1.54, 1.807) is 0 Å². The molecule has 0 amide bonds. The molecule has 0 spiro atoms. The summed E-state index contributed by atoms with van der Waals surface area (Å²) in [6.45, 7) is 8.50. The Morgan fingerprint density at radius 1 is 1.50 bits per heavy atom. The van der Waals surface area contributed by atoms with E-state index in [0.717, 1.165) is 5.92 Å². The van der Waals surface area contributed by atoms with Gasteiger partial charge < -0.3 is 0 Å². The first-order valence-electron chi connectivity index (χ1n) is 3.82. The molecule has 0 rings (SSSR count). The Kier molecular flexibility index (Phi) is 5.90. The minimum Gasteiger partial charge on any atom is -0.165 e. The lowest BCUT2D eigenvalue weighted by Gasteiger charge is -2.06. The van der Waals surface area contributed by atoms with Gasteiger partial charge in [0.2, 0.25) is 0 Å². The molecule has 0 saturated heterocycles. The summed E-state index contributed by atoms with van der Waals surface area (Å²) in [6.07, 6.45) is 4.53. The molecule has 0 aromatic carbocycles. The SMILES string of the molecule is C=C(CCSC)CC(C)C. The fourth-order valence-electron chi connectivity index (χ4n) is 0.926. The number of thioether (sulfide) groups is 1. The van der Waals surface area contributed by atoms with Crippen LogP contribution in [0.4, 0.5) is 0 Å². The van der Waals surface area contributed by atoms with E-state index in [2.05, 4.69) is 26.7 Å². The summed E-state index contributed by atoms with van der Waals surface area (Å²) in [7, 11) is 0. The third-order valence-corrected chi connectivity index (χ3v) is 1.97. The summed E-state index contributed by atoms with van der Waals surface area (Å²) in [5, 5.41) is 0. The molecule has 0 aliphatic carbocycles. The normalized spacial score (nSPS) is 10.4. The van der Waals surface area contributed by atoms with Crippen molar-refractivity contribution in [1.82, 2.24) is 0 Å². The Labute approximate surface area is 69.1 Å². The summed E-state index contributed by atoms with van der Waals surface area (Å²) in [5.41, 5.74) is 1.41. The van der Waals surface area contributed by atoms with Crippen LogP contribution in [0.15, 0.2) is 12.2 Å². The Balaban J connectivity index is 3.26. The molecule has 0 saturated carbocycles. The molecule has 0 aliphatic rings. The minimum absolute atomic E-state index is 0.773. The Morgan fingerprint density at radius 2 is 2.10 bits per heavy atom. The first-order chi connectivity index (χ1) is 4.66. The lowest BCUT2D eigenvalue weighted by atomic mass is 10.0. The van der Waals surface area contributed by atoms with E-state index in [0.29, 0.717) is 0 Å². The predicted octanol–water partition coefficient (Wildman–Crippen LogP) is 3.34. The molecule has 0 N–H and O–H groups in total. The Hall–Kier alpha value is 0.0900. The van der Waals surface area contributed by atoms with Crippen LogP contribution in [0.25, 0.3) is 0 Å². The van der Waals surface area contributed by atoms with E-state index < -0.39 is 0 Å². The van der Waals surface area contributed by atoms with Crippen LogP contribution in [0.2, 0.25) is 0 Å². The van der Waals surface area contributed by atoms with Crippen molar-refractivity contribution in [3.05, 3.63) is 12.2 Å². The van der Waals surface area contributed by atoms with E-state index in [1.807, 2.05) is 11.8 Å². The maximum Gasteiger partial charge on any atom is -0.00331 e. The van der Waals surface area contributed by atoms with Crippen molar-refractivity contribution < 1.29 is 0 Å². The van der Waals surface area contributed by atoms with Crippen LogP contribution in [-0.4, -0.2) is 12.0 Å². The maximum absolute atomic E-state index is 4.02. The fourth-order valence-corrected chi connectivity index (χ4v) is 1.42. The van der Waals surface area contributed by atoms with E-state index in [9.17, 15) is 0 Å². The van der Waals surface area contributed by atoms with E-state index >= 15 is 0 Å². The molecule has 0 aromatic rings. The highest BCUT2D eigenvalue weighted by Crippen LogP contribution is 2.13. The third kappa shape index (κ3) is 6.21. The molecular weight excluding hydrogens is 140 g/mol. The second-order valence-corrected chi connectivity index (χ2v) is 4.08. The van der Waals surface area contributed by atoms with Crippen molar-refractivity contribution >= 4 is 11.8 Å². The minimum atomic E-state index is 0.773. The summed E-state index contributed by atoms with van der Waals surface area (Å²) < 4.78 is 0. The molecular formula is C9H18S. The first-order valence-corrected chi connectivity index (χ1v) is 5.21. The molecule has 0 unspecified atom stereocenters. The Morgan fingerprint density at radius 3 is 2.50 bits per heavy atom. The number of allylic oxidation sites excluding steroid dienone is 1. The van der Waals surface area contributed by atoms with Gasteiger partial charge in [0.25, 0.3) is 0 Å². The molecule has 0 nitrogen and oxygen atoms in total. The fraction of sp³-hybridized carbons (Fsp3) is 0.778. The van der Waals surface area contributed by atoms with Gasteiger partial charge in [0, 0.05) is 0 Å². The number of hydrogen-bond acceptors (Lipinski definition) is 1. The topological polar surface area (TPSA) is 0 Å². The highest BCUT2D eigenvalue weighted by atomic mass is 32.2. The molecule has 0 aliphatic heterocycles. The zero-order chi connectivity index (χ0) is 7.98. The third-order valence-electron chi connectivity index (χ3n) is 1.36. The largest absolute Gasteiger partial charge is 0.165 e. The molecule has 1 heteroatoms. The molecule has 60 valence electrons. The van der Waals surface area contributed by atoms with E-state index in [1.165, 1.54) is 24.2 Å². The Bertz CT molecular complexity index is 94.9. The van der Waals surface area contributed by atoms with Crippen LogP contribution in [0, 0.1) is 5.92 Å². The van der Waals surface area contributed by atoms with Gasteiger partial charge in [-0.1, -0.05) is 26.0 Å². The summed E-state index contributed by atoms with van der Waals surface area (Å²) in [4.78, 5) is 0. The van der Waals surface area contributed by atoms with Crippen molar-refractivity contribution in [2.24, 2.45) is 5.92 Å². The summed E-state index contributed by atoms with van der Waals surface area (Å²) in [6, 6.07) is 0. The average Bonchev–Trinajstić information content (AvgIpc) is 1.82. The summed E-state index contributed by atoms with van der Waals surface area (Å²) >= 11 is 1.90. The van der Waals surface area contributed by atoms with Gasteiger partial charge in [-0.25, -0.2) is 0 Å². The van der Waals surface area contributed by atoms with Crippen LogP contribution in [0.3, 0.4) is 0 Å². The van der Waals surface area contributed by atoms with Crippen molar-refractivity contribution in [3.63, 3.8) is 0 Å². The van der Waals surface area contributed by atoms with Gasteiger partial charge in [-0.2, -0.15) is 11.8 Å². The quantitative estimate of drug-likeness (QED) is 0.553. The van der Waals surface area contributed by atoms with E-state index in [-0.39, 0.29) is 0 Å². The van der Waals surface area contributed by atoms with Crippen LogP contribution in [0.5, 0.6) is 0 Å².